The average molecular weight is 239 g/mol. The van der Waals surface area contributed by atoms with Gasteiger partial charge in [0.05, 0.1) is 22.3 Å². The van der Waals surface area contributed by atoms with E-state index in [0.29, 0.717) is 16.5 Å². The molecule has 4 heteroatoms. The zero-order valence-corrected chi connectivity index (χ0v) is 9.96. The number of halogens is 1. The van der Waals surface area contributed by atoms with E-state index < -0.39 is 0 Å². The number of aliphatic hydroxyl groups is 1. The van der Waals surface area contributed by atoms with E-state index >= 15 is 0 Å². The average Bonchev–Trinajstić information content (AvgIpc) is 2.27. The molecule has 1 rings (SSSR count). The number of rotatable bonds is 5. The third-order valence-corrected chi connectivity index (χ3v) is 2.67. The molecule has 1 aromatic carbocycles. The first-order valence-electron chi connectivity index (χ1n) is 5.21. The SMILES string of the molecule is CC(CCO)CNc1ccc(C#N)cc1Cl. The van der Waals surface area contributed by atoms with E-state index in [0.717, 1.165) is 18.7 Å². The maximum absolute atomic E-state index is 8.77. The van der Waals surface area contributed by atoms with Gasteiger partial charge >= 0.3 is 0 Å². The molecule has 0 saturated heterocycles. The van der Waals surface area contributed by atoms with Gasteiger partial charge in [-0.2, -0.15) is 5.26 Å². The standard InChI is InChI=1S/C12H15ClN2O/c1-9(4-5-16)8-15-12-3-2-10(7-14)6-11(12)13/h2-3,6,9,15-16H,4-5,8H2,1H3. The zero-order chi connectivity index (χ0) is 12.0. The minimum absolute atomic E-state index is 0.198. The summed E-state index contributed by atoms with van der Waals surface area (Å²) >= 11 is 6.01. The molecule has 0 radical (unpaired) electrons. The molecule has 0 amide bonds. The Hall–Kier alpha value is -1.24. The summed E-state index contributed by atoms with van der Waals surface area (Å²) in [6.45, 7) is 3.01. The minimum Gasteiger partial charge on any atom is -0.396 e. The normalized spacial score (nSPS) is 11.9. The quantitative estimate of drug-likeness (QED) is 0.829. The molecule has 0 spiro atoms. The summed E-state index contributed by atoms with van der Waals surface area (Å²) in [4.78, 5) is 0. The Morgan fingerprint density at radius 2 is 2.31 bits per heavy atom. The number of nitriles is 1. The first-order valence-corrected chi connectivity index (χ1v) is 5.59. The monoisotopic (exact) mass is 238 g/mol. The molecule has 3 nitrogen and oxygen atoms in total. The number of nitrogens with one attached hydrogen (secondary N) is 1. The van der Waals surface area contributed by atoms with Gasteiger partial charge in [-0.3, -0.25) is 0 Å². The summed E-state index contributed by atoms with van der Waals surface area (Å²) in [5.74, 6) is 0.386. The van der Waals surface area contributed by atoms with Crippen molar-refractivity contribution in [2.45, 2.75) is 13.3 Å². The maximum Gasteiger partial charge on any atom is 0.0992 e. The first kappa shape index (κ1) is 12.8. The zero-order valence-electron chi connectivity index (χ0n) is 9.20. The molecule has 0 aliphatic heterocycles. The van der Waals surface area contributed by atoms with E-state index in [9.17, 15) is 0 Å². The highest BCUT2D eigenvalue weighted by Crippen LogP contribution is 2.23. The number of hydrogen-bond donors (Lipinski definition) is 2. The first-order chi connectivity index (χ1) is 7.67. The Kier molecular flexibility index (Phi) is 5.10. The fourth-order valence-corrected chi connectivity index (χ4v) is 1.58. The number of nitrogens with zero attached hydrogens (tertiary/aromatic N) is 1. The molecule has 1 atom stereocenters. The van der Waals surface area contributed by atoms with Crippen LogP contribution in [-0.4, -0.2) is 18.3 Å². The van der Waals surface area contributed by atoms with Crippen molar-refractivity contribution < 1.29 is 5.11 Å². The molecule has 0 bridgehead atoms. The van der Waals surface area contributed by atoms with Crippen LogP contribution in [0.15, 0.2) is 18.2 Å². The van der Waals surface area contributed by atoms with Gasteiger partial charge in [-0.15, -0.1) is 0 Å². The molecule has 2 N–H and O–H groups in total. The predicted molar refractivity (Wildman–Crippen MR) is 65.5 cm³/mol. The van der Waals surface area contributed by atoms with Gasteiger partial charge in [0, 0.05) is 13.2 Å². The van der Waals surface area contributed by atoms with Gasteiger partial charge in [0.15, 0.2) is 0 Å². The molecular formula is C12H15ClN2O. The lowest BCUT2D eigenvalue weighted by Gasteiger charge is -2.13. The van der Waals surface area contributed by atoms with Crippen LogP contribution in [0.1, 0.15) is 18.9 Å². The smallest absolute Gasteiger partial charge is 0.0992 e. The van der Waals surface area contributed by atoms with Crippen LogP contribution in [0.5, 0.6) is 0 Å². The molecule has 16 heavy (non-hydrogen) atoms. The van der Waals surface area contributed by atoms with Crippen LogP contribution < -0.4 is 5.32 Å². The van der Waals surface area contributed by atoms with Gasteiger partial charge in [-0.25, -0.2) is 0 Å². The van der Waals surface area contributed by atoms with E-state index in [1.54, 1.807) is 18.2 Å². The largest absolute Gasteiger partial charge is 0.396 e. The van der Waals surface area contributed by atoms with Crippen molar-refractivity contribution in [2.75, 3.05) is 18.5 Å². The lowest BCUT2D eigenvalue weighted by molar-refractivity contribution is 0.266. The van der Waals surface area contributed by atoms with Crippen molar-refractivity contribution in [3.05, 3.63) is 28.8 Å². The fourth-order valence-electron chi connectivity index (χ4n) is 1.33. The minimum atomic E-state index is 0.198. The Morgan fingerprint density at radius 1 is 1.56 bits per heavy atom. The van der Waals surface area contributed by atoms with Crippen LogP contribution in [0.4, 0.5) is 5.69 Å². The van der Waals surface area contributed by atoms with Crippen LogP contribution in [0.2, 0.25) is 5.02 Å². The highest BCUT2D eigenvalue weighted by Gasteiger charge is 2.04. The van der Waals surface area contributed by atoms with Gasteiger partial charge < -0.3 is 10.4 Å². The van der Waals surface area contributed by atoms with Crippen molar-refractivity contribution in [1.82, 2.24) is 0 Å². The molecule has 0 fully saturated rings. The summed E-state index contributed by atoms with van der Waals surface area (Å²) in [7, 11) is 0. The van der Waals surface area contributed by atoms with Crippen LogP contribution in [0, 0.1) is 17.2 Å². The van der Waals surface area contributed by atoms with E-state index in [1.807, 2.05) is 6.07 Å². The Bertz CT molecular complexity index is 387. The second-order valence-electron chi connectivity index (χ2n) is 3.80. The number of hydrogen-bond acceptors (Lipinski definition) is 3. The molecule has 86 valence electrons. The summed E-state index contributed by atoms with van der Waals surface area (Å²) < 4.78 is 0. The second-order valence-corrected chi connectivity index (χ2v) is 4.21. The van der Waals surface area contributed by atoms with E-state index in [4.69, 9.17) is 22.0 Å². The van der Waals surface area contributed by atoms with E-state index in [1.165, 1.54) is 0 Å². The van der Waals surface area contributed by atoms with Crippen LogP contribution in [0.3, 0.4) is 0 Å². The van der Waals surface area contributed by atoms with E-state index in [2.05, 4.69) is 12.2 Å². The molecule has 1 unspecified atom stereocenters. The van der Waals surface area contributed by atoms with Crippen molar-refractivity contribution in [3.8, 4) is 6.07 Å². The highest BCUT2D eigenvalue weighted by atomic mass is 35.5. The molecule has 0 saturated carbocycles. The number of benzene rings is 1. The van der Waals surface area contributed by atoms with Gasteiger partial charge in [0.2, 0.25) is 0 Å². The Balaban J connectivity index is 2.58. The predicted octanol–water partition coefficient (Wildman–Crippen LogP) is 2.64. The second kappa shape index (κ2) is 6.37. The topological polar surface area (TPSA) is 56.0 Å². The molecular weight excluding hydrogens is 224 g/mol. The Morgan fingerprint density at radius 3 is 2.88 bits per heavy atom. The lowest BCUT2D eigenvalue weighted by atomic mass is 10.1. The molecule has 0 heterocycles. The van der Waals surface area contributed by atoms with Crippen molar-refractivity contribution >= 4 is 17.3 Å². The van der Waals surface area contributed by atoms with Crippen LogP contribution in [0.25, 0.3) is 0 Å². The van der Waals surface area contributed by atoms with E-state index in [-0.39, 0.29) is 6.61 Å². The van der Waals surface area contributed by atoms with Crippen LogP contribution >= 0.6 is 11.6 Å². The molecule has 0 aromatic heterocycles. The highest BCUT2D eigenvalue weighted by molar-refractivity contribution is 6.33. The molecule has 1 aromatic rings. The third kappa shape index (κ3) is 3.73. The van der Waals surface area contributed by atoms with Crippen LogP contribution in [-0.2, 0) is 0 Å². The number of aliphatic hydroxyl groups excluding tert-OH is 1. The van der Waals surface area contributed by atoms with Crippen molar-refractivity contribution in [2.24, 2.45) is 5.92 Å². The van der Waals surface area contributed by atoms with Gasteiger partial charge in [0.25, 0.3) is 0 Å². The summed E-state index contributed by atoms with van der Waals surface area (Å²) in [6, 6.07) is 7.20. The summed E-state index contributed by atoms with van der Waals surface area (Å²) in [5.41, 5.74) is 1.38. The molecule has 0 aliphatic rings. The summed E-state index contributed by atoms with van der Waals surface area (Å²) in [6.07, 6.45) is 0.765. The van der Waals surface area contributed by atoms with Gasteiger partial charge in [-0.1, -0.05) is 18.5 Å². The lowest BCUT2D eigenvalue weighted by Crippen LogP contribution is -2.12. The Labute approximate surface area is 101 Å². The van der Waals surface area contributed by atoms with Crippen molar-refractivity contribution in [3.63, 3.8) is 0 Å². The van der Waals surface area contributed by atoms with Crippen molar-refractivity contribution in [1.29, 1.82) is 5.26 Å². The summed E-state index contributed by atoms with van der Waals surface area (Å²) in [5, 5.41) is 21.2. The third-order valence-electron chi connectivity index (χ3n) is 2.36. The van der Waals surface area contributed by atoms with Gasteiger partial charge in [-0.05, 0) is 30.5 Å². The fraction of sp³-hybridized carbons (Fsp3) is 0.417. The number of anilines is 1. The maximum atomic E-state index is 8.77. The van der Waals surface area contributed by atoms with Gasteiger partial charge in [0.1, 0.15) is 0 Å². The molecule has 0 aliphatic carbocycles.